The van der Waals surface area contributed by atoms with E-state index in [1.807, 2.05) is 0 Å². The van der Waals surface area contributed by atoms with Crippen molar-refractivity contribution in [3.8, 4) is 11.5 Å². The molecule has 0 aromatic heterocycles. The Morgan fingerprint density at radius 1 is 1.11 bits per heavy atom. The average Bonchev–Trinajstić information content (AvgIpc) is 3.09. The average molecular weight is 393 g/mol. The number of sulfonamides is 1. The monoisotopic (exact) mass is 393 g/mol. The van der Waals surface area contributed by atoms with Crippen LogP contribution in [0.25, 0.3) is 0 Å². The molecule has 0 saturated carbocycles. The summed E-state index contributed by atoms with van der Waals surface area (Å²) in [6, 6.07) is 9.38. The van der Waals surface area contributed by atoms with Crippen LogP contribution in [0.4, 0.5) is 11.4 Å². The zero-order chi connectivity index (χ0) is 19.4. The fraction of sp³-hybridized carbons (Fsp3) is 0.188. The smallest absolute Gasteiger partial charge is 0.269 e. The van der Waals surface area contributed by atoms with Crippen LogP contribution >= 0.6 is 0 Å². The lowest BCUT2D eigenvalue weighted by molar-refractivity contribution is -0.384. The van der Waals surface area contributed by atoms with Gasteiger partial charge in [-0.25, -0.2) is 13.1 Å². The Labute approximate surface area is 154 Å². The van der Waals surface area contributed by atoms with Gasteiger partial charge in [0.1, 0.15) is 0 Å². The largest absolute Gasteiger partial charge is 0.454 e. The minimum absolute atomic E-state index is 0.0966. The molecule has 142 valence electrons. The molecule has 3 rings (SSSR count). The molecule has 10 nitrogen and oxygen atoms in total. The Morgan fingerprint density at radius 3 is 2.52 bits per heavy atom. The van der Waals surface area contributed by atoms with Crippen molar-refractivity contribution >= 4 is 27.3 Å². The van der Waals surface area contributed by atoms with Crippen LogP contribution in [0.2, 0.25) is 0 Å². The first-order valence-electron chi connectivity index (χ1n) is 7.79. The highest BCUT2D eigenvalue weighted by atomic mass is 32.2. The number of nitro benzene ring substituents is 1. The predicted octanol–water partition coefficient (Wildman–Crippen LogP) is 1.63. The number of rotatable bonds is 7. The standard InChI is InChI=1S/C16H15N3O7S/c20-16(18-11-1-6-14-15(9-11)26-10-25-14)7-8-17-27(23,24)13-4-2-12(3-5-13)19(21)22/h1-6,9,17H,7-8,10H2,(H,18,20). The number of nitrogens with zero attached hydrogens (tertiary/aromatic N) is 1. The predicted molar refractivity (Wildman–Crippen MR) is 94.1 cm³/mol. The number of nitrogens with one attached hydrogen (secondary N) is 2. The SMILES string of the molecule is O=C(CCNS(=O)(=O)c1ccc([N+](=O)[O-])cc1)Nc1ccc2c(c1)OCO2. The molecular formula is C16H15N3O7S. The van der Waals surface area contributed by atoms with Crippen LogP contribution in [-0.2, 0) is 14.8 Å². The maximum Gasteiger partial charge on any atom is 0.269 e. The normalized spacial score (nSPS) is 12.6. The van der Waals surface area contributed by atoms with E-state index in [1.165, 1.54) is 0 Å². The third kappa shape index (κ3) is 4.51. The summed E-state index contributed by atoms with van der Waals surface area (Å²) in [5.74, 6) is 0.718. The number of non-ortho nitro benzene ring substituents is 1. The topological polar surface area (TPSA) is 137 Å². The van der Waals surface area contributed by atoms with Gasteiger partial charge in [0.25, 0.3) is 5.69 Å². The molecule has 0 spiro atoms. The van der Waals surface area contributed by atoms with E-state index >= 15 is 0 Å². The number of carbonyl (C=O) groups excluding carboxylic acids is 1. The second-order valence-corrected chi connectivity index (χ2v) is 7.28. The quantitative estimate of drug-likeness (QED) is 0.539. The van der Waals surface area contributed by atoms with Crippen molar-refractivity contribution in [3.05, 3.63) is 52.6 Å². The first-order chi connectivity index (χ1) is 12.8. The van der Waals surface area contributed by atoms with E-state index in [0.29, 0.717) is 17.2 Å². The summed E-state index contributed by atoms with van der Waals surface area (Å²) in [7, 11) is -3.87. The number of anilines is 1. The van der Waals surface area contributed by atoms with Crippen molar-refractivity contribution in [2.45, 2.75) is 11.3 Å². The number of amides is 1. The minimum atomic E-state index is -3.87. The van der Waals surface area contributed by atoms with Gasteiger partial charge in [-0.2, -0.15) is 0 Å². The Hall–Kier alpha value is -3.18. The lowest BCUT2D eigenvalue weighted by Gasteiger charge is -2.08. The van der Waals surface area contributed by atoms with Gasteiger partial charge >= 0.3 is 0 Å². The summed E-state index contributed by atoms with van der Waals surface area (Å²) in [6.45, 7) is -0.00708. The molecular weight excluding hydrogens is 378 g/mol. The van der Waals surface area contributed by atoms with E-state index in [0.717, 1.165) is 24.3 Å². The molecule has 2 aromatic carbocycles. The van der Waals surface area contributed by atoms with Crippen molar-refractivity contribution in [1.29, 1.82) is 0 Å². The molecule has 1 aliphatic rings. The molecule has 0 atom stereocenters. The van der Waals surface area contributed by atoms with E-state index in [-0.39, 0.29) is 36.2 Å². The fourth-order valence-electron chi connectivity index (χ4n) is 2.33. The third-order valence-electron chi connectivity index (χ3n) is 3.66. The molecule has 0 fully saturated rings. The van der Waals surface area contributed by atoms with E-state index in [9.17, 15) is 23.3 Å². The van der Waals surface area contributed by atoms with Crippen LogP contribution in [0.3, 0.4) is 0 Å². The summed E-state index contributed by atoms with van der Waals surface area (Å²) in [5, 5.41) is 13.2. The maximum atomic E-state index is 12.1. The molecule has 1 amide bonds. The van der Waals surface area contributed by atoms with Crippen LogP contribution in [0.5, 0.6) is 11.5 Å². The lowest BCUT2D eigenvalue weighted by Crippen LogP contribution is -2.27. The third-order valence-corrected chi connectivity index (χ3v) is 5.14. The molecule has 1 aliphatic heterocycles. The van der Waals surface area contributed by atoms with Gasteiger partial charge < -0.3 is 14.8 Å². The van der Waals surface area contributed by atoms with Gasteiger partial charge in [-0.05, 0) is 24.3 Å². The number of hydrogen-bond acceptors (Lipinski definition) is 7. The first-order valence-corrected chi connectivity index (χ1v) is 9.27. The number of carbonyl (C=O) groups is 1. The molecule has 11 heteroatoms. The van der Waals surface area contributed by atoms with Gasteiger partial charge in [0.15, 0.2) is 11.5 Å². The van der Waals surface area contributed by atoms with Crippen molar-refractivity contribution in [2.75, 3.05) is 18.7 Å². The van der Waals surface area contributed by atoms with Crippen LogP contribution in [0.15, 0.2) is 47.4 Å². The van der Waals surface area contributed by atoms with E-state index < -0.39 is 14.9 Å². The lowest BCUT2D eigenvalue weighted by atomic mass is 10.2. The van der Waals surface area contributed by atoms with Gasteiger partial charge in [-0.3, -0.25) is 14.9 Å². The van der Waals surface area contributed by atoms with Crippen LogP contribution in [-0.4, -0.2) is 32.6 Å². The molecule has 27 heavy (non-hydrogen) atoms. The zero-order valence-corrected chi connectivity index (χ0v) is 14.7. The second-order valence-electron chi connectivity index (χ2n) is 5.52. The van der Waals surface area contributed by atoms with Gasteiger partial charge in [0.2, 0.25) is 22.7 Å². The molecule has 0 unspecified atom stereocenters. The van der Waals surface area contributed by atoms with E-state index in [1.54, 1.807) is 18.2 Å². The Bertz CT molecular complexity index is 974. The van der Waals surface area contributed by atoms with Gasteiger partial charge in [-0.15, -0.1) is 0 Å². The Morgan fingerprint density at radius 2 is 1.81 bits per heavy atom. The molecule has 2 aromatic rings. The summed E-state index contributed by atoms with van der Waals surface area (Å²) in [6.07, 6.45) is -0.0966. The molecule has 0 radical (unpaired) electrons. The highest BCUT2D eigenvalue weighted by Crippen LogP contribution is 2.34. The zero-order valence-electron chi connectivity index (χ0n) is 13.9. The number of hydrogen-bond donors (Lipinski definition) is 2. The fourth-order valence-corrected chi connectivity index (χ4v) is 3.36. The molecule has 0 aliphatic carbocycles. The molecule has 1 heterocycles. The number of ether oxygens (including phenoxy) is 2. The Kier molecular flexibility index (Phi) is 5.23. The number of benzene rings is 2. The minimum Gasteiger partial charge on any atom is -0.454 e. The van der Waals surface area contributed by atoms with Gasteiger partial charge in [0, 0.05) is 36.9 Å². The van der Waals surface area contributed by atoms with Crippen LogP contribution in [0.1, 0.15) is 6.42 Å². The highest BCUT2D eigenvalue weighted by Gasteiger charge is 2.17. The van der Waals surface area contributed by atoms with Gasteiger partial charge in [-0.1, -0.05) is 0 Å². The second kappa shape index (κ2) is 7.60. The summed E-state index contributed by atoms with van der Waals surface area (Å²) >= 11 is 0. The Balaban J connectivity index is 1.52. The van der Waals surface area contributed by atoms with Crippen molar-refractivity contribution in [2.24, 2.45) is 0 Å². The summed E-state index contributed by atoms with van der Waals surface area (Å²) in [4.78, 5) is 21.8. The van der Waals surface area contributed by atoms with Crippen molar-refractivity contribution < 1.29 is 27.6 Å². The first kappa shape index (κ1) is 18.6. The highest BCUT2D eigenvalue weighted by molar-refractivity contribution is 7.89. The summed E-state index contributed by atoms with van der Waals surface area (Å²) < 4.78 is 36.9. The van der Waals surface area contributed by atoms with E-state index in [4.69, 9.17) is 9.47 Å². The van der Waals surface area contributed by atoms with Crippen LogP contribution in [0, 0.1) is 10.1 Å². The van der Waals surface area contributed by atoms with E-state index in [2.05, 4.69) is 10.0 Å². The summed E-state index contributed by atoms with van der Waals surface area (Å²) in [5.41, 5.74) is 0.291. The van der Waals surface area contributed by atoms with Crippen molar-refractivity contribution in [1.82, 2.24) is 4.72 Å². The number of fused-ring (bicyclic) bond motifs is 1. The molecule has 0 bridgehead atoms. The van der Waals surface area contributed by atoms with Crippen molar-refractivity contribution in [3.63, 3.8) is 0 Å². The number of nitro groups is 1. The van der Waals surface area contributed by atoms with Gasteiger partial charge in [0.05, 0.1) is 9.82 Å². The molecule has 0 saturated heterocycles. The maximum absolute atomic E-state index is 12.1. The molecule has 2 N–H and O–H groups in total. The van der Waals surface area contributed by atoms with Crippen LogP contribution < -0.4 is 19.5 Å².